The maximum absolute atomic E-state index is 12.4. The van der Waals surface area contributed by atoms with Crippen LogP contribution in [0.15, 0.2) is 15.4 Å². The monoisotopic (exact) mass is 347 g/mol. The zero-order valence-corrected chi connectivity index (χ0v) is 14.3. The summed E-state index contributed by atoms with van der Waals surface area (Å²) < 4.78 is 10.2. The van der Waals surface area contributed by atoms with Crippen molar-refractivity contribution >= 4 is 17.7 Å². The minimum absolute atomic E-state index is 0.161. The van der Waals surface area contributed by atoms with Crippen LogP contribution in [0.3, 0.4) is 0 Å². The van der Waals surface area contributed by atoms with Gasteiger partial charge in [0.25, 0.3) is 5.56 Å². The molecule has 0 aromatic carbocycles. The van der Waals surface area contributed by atoms with E-state index in [9.17, 15) is 9.59 Å². The lowest BCUT2D eigenvalue weighted by molar-refractivity contribution is -0.116. The molecular weight excluding hydrogens is 326 g/mol. The lowest BCUT2D eigenvalue weighted by Crippen LogP contribution is -2.38. The van der Waals surface area contributed by atoms with Gasteiger partial charge in [0.2, 0.25) is 11.9 Å². The van der Waals surface area contributed by atoms with Crippen molar-refractivity contribution in [3.05, 3.63) is 33.4 Å². The number of hydrogen-bond acceptors (Lipinski definition) is 7. The van der Waals surface area contributed by atoms with Crippen molar-refractivity contribution in [2.45, 2.75) is 26.7 Å². The van der Waals surface area contributed by atoms with E-state index in [4.69, 9.17) is 9.26 Å². The van der Waals surface area contributed by atoms with Crippen LogP contribution in [-0.4, -0.2) is 47.3 Å². The molecule has 0 radical (unpaired) electrons. The maximum Gasteiger partial charge on any atom is 0.255 e. The van der Waals surface area contributed by atoms with Gasteiger partial charge in [-0.15, -0.1) is 0 Å². The number of aromatic amines is 1. The minimum Gasteiger partial charge on any atom is -0.378 e. The molecule has 0 unspecified atom stereocenters. The van der Waals surface area contributed by atoms with Gasteiger partial charge in [0.05, 0.1) is 13.2 Å². The van der Waals surface area contributed by atoms with Crippen molar-refractivity contribution in [3.63, 3.8) is 0 Å². The van der Waals surface area contributed by atoms with Gasteiger partial charge in [-0.05, 0) is 20.3 Å². The number of morpholine rings is 1. The van der Waals surface area contributed by atoms with Gasteiger partial charge < -0.3 is 19.5 Å². The van der Waals surface area contributed by atoms with Crippen molar-refractivity contribution in [2.75, 3.05) is 36.5 Å². The molecule has 0 spiro atoms. The Bertz CT molecular complexity index is 807. The Morgan fingerprint density at radius 1 is 1.36 bits per heavy atom. The summed E-state index contributed by atoms with van der Waals surface area (Å²) >= 11 is 0. The Hall–Kier alpha value is -2.68. The first-order valence-corrected chi connectivity index (χ1v) is 8.18. The number of carbonyl (C=O) groups excluding carboxylic acids is 1. The van der Waals surface area contributed by atoms with E-state index in [1.807, 2.05) is 4.90 Å². The molecule has 25 heavy (non-hydrogen) atoms. The number of aryl methyl sites for hydroxylation is 2. The molecule has 0 saturated carbocycles. The molecule has 3 rings (SSSR count). The molecule has 0 aliphatic carbocycles. The molecule has 9 nitrogen and oxygen atoms in total. The van der Waals surface area contributed by atoms with E-state index < -0.39 is 0 Å². The standard InChI is InChI=1S/C16H21N5O4/c1-10-9-13(20-25-10)18-14(22)4-3-12-11(2)17-16(19-15(12)23)21-5-7-24-8-6-21/h9H,3-8H2,1-2H3,(H,17,19,23)(H,18,20,22). The molecule has 0 bridgehead atoms. The lowest BCUT2D eigenvalue weighted by atomic mass is 10.1. The smallest absolute Gasteiger partial charge is 0.255 e. The van der Waals surface area contributed by atoms with Gasteiger partial charge in [0.1, 0.15) is 5.76 Å². The van der Waals surface area contributed by atoms with Crippen molar-refractivity contribution in [1.29, 1.82) is 0 Å². The topological polar surface area (TPSA) is 113 Å². The van der Waals surface area contributed by atoms with E-state index in [0.29, 0.717) is 61.5 Å². The molecule has 1 aliphatic rings. The summed E-state index contributed by atoms with van der Waals surface area (Å²) in [6.45, 7) is 6.15. The average Bonchev–Trinajstić information content (AvgIpc) is 2.99. The van der Waals surface area contributed by atoms with Crippen molar-refractivity contribution in [1.82, 2.24) is 15.1 Å². The molecule has 2 aromatic rings. The van der Waals surface area contributed by atoms with Crippen LogP contribution in [0.2, 0.25) is 0 Å². The third-order valence-corrected chi connectivity index (χ3v) is 4.02. The summed E-state index contributed by atoms with van der Waals surface area (Å²) in [5.41, 5.74) is 0.942. The van der Waals surface area contributed by atoms with Crippen molar-refractivity contribution < 1.29 is 14.1 Å². The van der Waals surface area contributed by atoms with Crippen LogP contribution in [0, 0.1) is 13.8 Å². The number of nitrogens with one attached hydrogen (secondary N) is 2. The van der Waals surface area contributed by atoms with Crippen LogP contribution in [-0.2, 0) is 16.0 Å². The van der Waals surface area contributed by atoms with Gasteiger partial charge in [0.15, 0.2) is 5.82 Å². The van der Waals surface area contributed by atoms with E-state index in [0.717, 1.165) is 0 Å². The third kappa shape index (κ3) is 4.24. The summed E-state index contributed by atoms with van der Waals surface area (Å²) in [5, 5.41) is 6.34. The minimum atomic E-state index is -0.232. The zero-order valence-electron chi connectivity index (χ0n) is 14.3. The predicted octanol–water partition coefficient (Wildman–Crippen LogP) is 0.783. The van der Waals surface area contributed by atoms with Gasteiger partial charge in [-0.3, -0.25) is 14.6 Å². The number of ether oxygens (including phenoxy) is 1. The molecule has 1 fully saturated rings. The number of carbonyl (C=O) groups is 1. The second-order valence-corrected chi connectivity index (χ2v) is 5.92. The summed E-state index contributed by atoms with van der Waals surface area (Å²) in [4.78, 5) is 33.6. The van der Waals surface area contributed by atoms with Crippen molar-refractivity contribution in [3.8, 4) is 0 Å². The summed E-state index contributed by atoms with van der Waals surface area (Å²) in [7, 11) is 0. The second kappa shape index (κ2) is 7.47. The number of hydrogen-bond donors (Lipinski definition) is 2. The number of nitrogens with zero attached hydrogens (tertiary/aromatic N) is 3. The fourth-order valence-electron chi connectivity index (χ4n) is 2.68. The Morgan fingerprint density at radius 3 is 2.76 bits per heavy atom. The van der Waals surface area contributed by atoms with Gasteiger partial charge in [-0.1, -0.05) is 5.16 Å². The summed E-state index contributed by atoms with van der Waals surface area (Å²) in [6.07, 6.45) is 0.467. The Balaban J connectivity index is 1.64. The first-order chi connectivity index (χ1) is 12.0. The number of aromatic nitrogens is 3. The fourth-order valence-corrected chi connectivity index (χ4v) is 2.68. The molecule has 1 aliphatic heterocycles. The highest BCUT2D eigenvalue weighted by Crippen LogP contribution is 2.12. The van der Waals surface area contributed by atoms with Gasteiger partial charge in [-0.2, -0.15) is 0 Å². The molecular formula is C16H21N5O4. The molecule has 1 amide bonds. The van der Waals surface area contributed by atoms with Crippen molar-refractivity contribution in [2.24, 2.45) is 0 Å². The second-order valence-electron chi connectivity index (χ2n) is 5.92. The van der Waals surface area contributed by atoms with Crippen LogP contribution in [0.4, 0.5) is 11.8 Å². The van der Waals surface area contributed by atoms with Crippen LogP contribution >= 0.6 is 0 Å². The molecule has 2 aromatic heterocycles. The average molecular weight is 347 g/mol. The molecule has 134 valence electrons. The van der Waals surface area contributed by atoms with E-state index in [1.54, 1.807) is 19.9 Å². The normalized spacial score (nSPS) is 14.6. The molecule has 9 heteroatoms. The molecule has 3 heterocycles. The Morgan fingerprint density at radius 2 is 2.12 bits per heavy atom. The van der Waals surface area contributed by atoms with E-state index in [-0.39, 0.29) is 17.9 Å². The van der Waals surface area contributed by atoms with Crippen LogP contribution < -0.4 is 15.8 Å². The first kappa shape index (κ1) is 17.2. The highest BCUT2D eigenvalue weighted by Gasteiger charge is 2.17. The highest BCUT2D eigenvalue weighted by atomic mass is 16.5. The first-order valence-electron chi connectivity index (χ1n) is 8.18. The molecule has 1 saturated heterocycles. The number of rotatable bonds is 5. The number of amides is 1. The van der Waals surface area contributed by atoms with Gasteiger partial charge >= 0.3 is 0 Å². The van der Waals surface area contributed by atoms with Crippen LogP contribution in [0.5, 0.6) is 0 Å². The van der Waals surface area contributed by atoms with Crippen LogP contribution in [0.1, 0.15) is 23.4 Å². The zero-order chi connectivity index (χ0) is 17.8. The Labute approximate surface area is 144 Å². The van der Waals surface area contributed by atoms with Crippen LogP contribution in [0.25, 0.3) is 0 Å². The predicted molar refractivity (Wildman–Crippen MR) is 90.8 cm³/mol. The third-order valence-electron chi connectivity index (χ3n) is 4.02. The fraction of sp³-hybridized carbons (Fsp3) is 0.500. The molecule has 2 N–H and O–H groups in total. The summed E-state index contributed by atoms with van der Waals surface area (Å²) in [6, 6.07) is 1.63. The summed E-state index contributed by atoms with van der Waals surface area (Å²) in [5.74, 6) is 1.31. The van der Waals surface area contributed by atoms with Gasteiger partial charge in [0, 0.05) is 36.8 Å². The molecule has 0 atom stereocenters. The largest absolute Gasteiger partial charge is 0.378 e. The van der Waals surface area contributed by atoms with Gasteiger partial charge in [-0.25, -0.2) is 4.98 Å². The van der Waals surface area contributed by atoms with E-state index >= 15 is 0 Å². The maximum atomic E-state index is 12.4. The highest BCUT2D eigenvalue weighted by molar-refractivity contribution is 5.89. The van der Waals surface area contributed by atoms with E-state index in [2.05, 4.69) is 20.4 Å². The number of H-pyrrole nitrogens is 1. The quantitative estimate of drug-likeness (QED) is 0.822. The Kier molecular flexibility index (Phi) is 5.13. The number of anilines is 2. The lowest BCUT2D eigenvalue weighted by Gasteiger charge is -2.27. The van der Waals surface area contributed by atoms with E-state index in [1.165, 1.54) is 0 Å². The SMILES string of the molecule is Cc1cc(NC(=O)CCc2c(C)nc(N3CCOCC3)[nH]c2=O)no1.